The summed E-state index contributed by atoms with van der Waals surface area (Å²) in [4.78, 5) is 9.87. The van der Waals surface area contributed by atoms with Gasteiger partial charge in [-0.2, -0.15) is 0 Å². The molecule has 0 spiro atoms. The Labute approximate surface area is 111 Å². The van der Waals surface area contributed by atoms with Gasteiger partial charge in [-0.15, -0.1) is 5.10 Å². The Morgan fingerprint density at radius 3 is 2.50 bits per heavy atom. The maximum absolute atomic E-state index is 4.11. The van der Waals surface area contributed by atoms with Crippen molar-refractivity contribution in [2.75, 3.05) is 14.1 Å². The van der Waals surface area contributed by atoms with Crippen LogP contribution in [0.15, 0.2) is 28.8 Å². The largest absolute Gasteiger partial charge is 2.00 e. The first kappa shape index (κ1) is 15.1. The summed E-state index contributed by atoms with van der Waals surface area (Å²) in [6.45, 7) is 1.84. The zero-order chi connectivity index (χ0) is 11.3. The predicted molar refractivity (Wildman–Crippen MR) is 65.5 cm³/mol. The molecule has 0 aromatic carbocycles. The van der Waals surface area contributed by atoms with Crippen LogP contribution in [0.1, 0.15) is 12.6 Å². The second-order valence-electron chi connectivity index (χ2n) is 3.09. The van der Waals surface area contributed by atoms with Crippen molar-refractivity contribution < 1.29 is 17.1 Å². The van der Waals surface area contributed by atoms with E-state index in [4.69, 9.17) is 0 Å². The second kappa shape index (κ2) is 7.38. The van der Waals surface area contributed by atoms with Gasteiger partial charge in [-0.25, -0.2) is 0 Å². The van der Waals surface area contributed by atoms with Gasteiger partial charge in [0, 0.05) is 39.1 Å². The predicted octanol–water partition coefficient (Wildman–Crippen LogP) is 0.127. The van der Waals surface area contributed by atoms with Crippen LogP contribution in [0.2, 0.25) is 0 Å². The van der Waals surface area contributed by atoms with Crippen LogP contribution in [0, 0.1) is 0 Å². The molecule has 0 unspecified atom stereocenters. The molecule has 0 N–H and O–H groups in total. The van der Waals surface area contributed by atoms with Crippen LogP contribution in [0.25, 0.3) is 0 Å². The van der Waals surface area contributed by atoms with Gasteiger partial charge in [0.05, 0.1) is 11.9 Å². The van der Waals surface area contributed by atoms with Crippen LogP contribution in [-0.4, -0.2) is 39.8 Å². The van der Waals surface area contributed by atoms with Crippen LogP contribution < -0.4 is 0 Å². The monoisotopic (exact) mass is 287 g/mol. The summed E-state index contributed by atoms with van der Waals surface area (Å²) in [5.74, 6) is 0. The number of aromatic nitrogens is 2. The molecule has 1 rings (SSSR count). The summed E-state index contributed by atoms with van der Waals surface area (Å²) in [7, 11) is 3.75. The molecule has 16 heavy (non-hydrogen) atoms. The van der Waals surface area contributed by atoms with Crippen molar-refractivity contribution in [1.82, 2.24) is 14.9 Å². The summed E-state index contributed by atoms with van der Waals surface area (Å²) in [5.41, 5.74) is 1.44. The first-order chi connectivity index (χ1) is 7.11. The van der Waals surface area contributed by atoms with E-state index in [0.717, 1.165) is 11.4 Å². The Morgan fingerprint density at radius 2 is 2.00 bits per heavy atom. The van der Waals surface area contributed by atoms with Gasteiger partial charge in [-0.05, 0) is 6.92 Å². The average molecular weight is 288 g/mol. The summed E-state index contributed by atoms with van der Waals surface area (Å²) in [6.07, 6.45) is 4.89. The van der Waals surface area contributed by atoms with Crippen LogP contribution in [0.3, 0.4) is 0 Å². The molecule has 1 aromatic rings. The number of nitrogens with zero attached hydrogens (tertiary/aromatic N) is 5. The van der Waals surface area contributed by atoms with Gasteiger partial charge in [0.1, 0.15) is 5.69 Å². The molecule has 5 nitrogen and oxygen atoms in total. The standard InChI is InChI=1S/C9H13N5S.Cu/c1-7(8-6-10-4-5-11-8)12-13-9(15)14(2)3;/h4-6H,1-3H3,(H,13,15);/q;+2/p+1. The summed E-state index contributed by atoms with van der Waals surface area (Å²) >= 11 is 3.33. The van der Waals surface area contributed by atoms with E-state index in [1.807, 2.05) is 25.9 Å². The molecular formula is C9H14CuN5S+3. The van der Waals surface area contributed by atoms with Gasteiger partial charge in [0.15, 0.2) is 0 Å². The van der Waals surface area contributed by atoms with E-state index in [9.17, 15) is 0 Å². The minimum atomic E-state index is 0. The van der Waals surface area contributed by atoms with E-state index in [2.05, 4.69) is 32.8 Å². The minimum Gasteiger partial charge on any atom is -0.321 e. The Hall–Kier alpha value is -0.911. The van der Waals surface area contributed by atoms with Crippen molar-refractivity contribution in [2.45, 2.75) is 6.92 Å². The fourth-order valence-electron chi connectivity index (χ4n) is 0.749. The van der Waals surface area contributed by atoms with Gasteiger partial charge in [-0.1, -0.05) is 5.10 Å². The first-order valence-corrected chi connectivity index (χ1v) is 4.89. The smallest absolute Gasteiger partial charge is 0.321 e. The molecule has 1 aromatic heterocycles. The number of rotatable bonds is 2. The quantitative estimate of drug-likeness (QED) is 0.255. The SMILES string of the molecule is CC(=NN=C([SH2+])N(C)C)c1cnccn1.[Cu+2]. The van der Waals surface area contributed by atoms with E-state index in [1.54, 1.807) is 18.6 Å². The summed E-state index contributed by atoms with van der Waals surface area (Å²) < 4.78 is 0. The average Bonchev–Trinajstić information content (AvgIpc) is 2.26. The van der Waals surface area contributed by atoms with Gasteiger partial charge in [0.25, 0.3) is 0 Å². The van der Waals surface area contributed by atoms with Crippen molar-refractivity contribution in [3.63, 3.8) is 0 Å². The number of amidine groups is 1. The zero-order valence-electron chi connectivity index (χ0n) is 9.27. The summed E-state index contributed by atoms with van der Waals surface area (Å²) in [5, 5.41) is 8.65. The molecular weight excluding hydrogens is 274 g/mol. The number of hydrogen-bond acceptors (Lipinski definition) is 4. The van der Waals surface area contributed by atoms with Gasteiger partial charge < -0.3 is 4.90 Å². The van der Waals surface area contributed by atoms with Crippen LogP contribution in [0.4, 0.5) is 0 Å². The molecule has 0 aliphatic heterocycles. The molecule has 0 saturated heterocycles. The molecule has 0 saturated carbocycles. The maximum atomic E-state index is 4.11. The van der Waals surface area contributed by atoms with Crippen molar-refractivity contribution in [3.8, 4) is 0 Å². The molecule has 0 atom stereocenters. The fourth-order valence-corrected chi connectivity index (χ4v) is 0.799. The zero-order valence-corrected chi connectivity index (χ0v) is 11.2. The molecule has 0 amide bonds. The van der Waals surface area contributed by atoms with Crippen molar-refractivity contribution in [1.29, 1.82) is 0 Å². The molecule has 0 aliphatic carbocycles. The third-order valence-corrected chi connectivity index (χ3v) is 2.20. The fraction of sp³-hybridized carbons (Fsp3) is 0.333. The normalized spacial score (nSPS) is 12.0. The second-order valence-corrected chi connectivity index (χ2v) is 3.54. The van der Waals surface area contributed by atoms with Gasteiger partial charge >= 0.3 is 22.2 Å². The van der Waals surface area contributed by atoms with E-state index in [0.29, 0.717) is 5.17 Å². The molecule has 7 heteroatoms. The Kier molecular flexibility index (Phi) is 6.96. The van der Waals surface area contributed by atoms with Crippen molar-refractivity contribution in [3.05, 3.63) is 24.3 Å². The summed E-state index contributed by atoms with van der Waals surface area (Å²) in [6, 6.07) is 0. The third kappa shape index (κ3) is 4.74. The van der Waals surface area contributed by atoms with E-state index >= 15 is 0 Å². The first-order valence-electron chi connectivity index (χ1n) is 4.39. The van der Waals surface area contributed by atoms with Crippen LogP contribution in [0.5, 0.6) is 0 Å². The maximum Gasteiger partial charge on any atom is 2.00 e. The topological polar surface area (TPSA) is 53.7 Å². The number of hydrogen-bond donors (Lipinski definition) is 0. The molecule has 0 fully saturated rings. The molecule has 1 radical (unpaired) electrons. The van der Waals surface area contributed by atoms with Crippen LogP contribution in [-0.2, 0) is 29.7 Å². The van der Waals surface area contributed by atoms with Crippen molar-refractivity contribution in [2.24, 2.45) is 10.2 Å². The molecule has 0 bridgehead atoms. The molecule has 1 heterocycles. The van der Waals surface area contributed by atoms with Gasteiger partial charge in [-0.3, -0.25) is 9.97 Å². The van der Waals surface area contributed by atoms with Crippen molar-refractivity contribution >= 4 is 23.5 Å². The van der Waals surface area contributed by atoms with E-state index in [-0.39, 0.29) is 17.1 Å². The van der Waals surface area contributed by atoms with E-state index in [1.165, 1.54) is 0 Å². The Bertz CT molecular complexity index is 377. The van der Waals surface area contributed by atoms with Gasteiger partial charge in [0.2, 0.25) is 0 Å². The Balaban J connectivity index is 0.00000225. The van der Waals surface area contributed by atoms with Crippen LogP contribution >= 0.6 is 0 Å². The molecule has 89 valence electrons. The Morgan fingerprint density at radius 1 is 1.31 bits per heavy atom. The third-order valence-electron chi connectivity index (χ3n) is 1.65. The van der Waals surface area contributed by atoms with E-state index < -0.39 is 0 Å². The minimum absolute atomic E-state index is 0. The molecule has 0 aliphatic rings.